The Balaban J connectivity index is 1.50. The molecule has 1 saturated heterocycles. The number of amides is 4. The summed E-state index contributed by atoms with van der Waals surface area (Å²) in [5.41, 5.74) is 3.05. The van der Waals surface area contributed by atoms with Crippen LogP contribution < -0.4 is 9.80 Å². The van der Waals surface area contributed by atoms with Crippen LogP contribution in [0.5, 0.6) is 0 Å². The average molecular weight is 477 g/mol. The molecule has 5 nitrogen and oxygen atoms in total. The van der Waals surface area contributed by atoms with Crippen molar-refractivity contribution in [2.75, 3.05) is 9.80 Å². The van der Waals surface area contributed by atoms with Crippen LogP contribution in [0.4, 0.5) is 20.6 Å². The van der Waals surface area contributed by atoms with Gasteiger partial charge in [0.05, 0.1) is 11.4 Å². The van der Waals surface area contributed by atoms with Crippen molar-refractivity contribution in [2.45, 2.75) is 6.42 Å². The highest BCUT2D eigenvalue weighted by atomic mass is 19.1. The number of nitrogens with zero attached hydrogens (tertiary/aromatic N) is 2. The predicted octanol–water partition coefficient (Wildman–Crippen LogP) is 6.00. The van der Waals surface area contributed by atoms with Gasteiger partial charge in [0.2, 0.25) is 0 Å². The molecule has 0 radical (unpaired) electrons. The molecule has 1 fully saturated rings. The lowest BCUT2D eigenvalue weighted by Crippen LogP contribution is -2.57. The zero-order valence-corrected chi connectivity index (χ0v) is 19.2. The van der Waals surface area contributed by atoms with Crippen molar-refractivity contribution < 1.29 is 18.8 Å². The highest BCUT2D eigenvalue weighted by molar-refractivity contribution is 6.46. The second-order valence-corrected chi connectivity index (χ2v) is 8.34. The monoisotopic (exact) mass is 476 g/mol. The first kappa shape index (κ1) is 22.9. The number of halogens is 1. The number of benzene rings is 4. The molecule has 0 aliphatic carbocycles. The number of para-hydroxylation sites is 2. The lowest BCUT2D eigenvalue weighted by Gasteiger charge is -2.33. The van der Waals surface area contributed by atoms with Gasteiger partial charge in [-0.2, -0.15) is 0 Å². The lowest BCUT2D eigenvalue weighted by molar-refractivity contribution is -0.121. The second-order valence-electron chi connectivity index (χ2n) is 8.34. The molecule has 176 valence electrons. The number of imide groups is 2. The molecule has 4 aromatic carbocycles. The van der Waals surface area contributed by atoms with E-state index >= 15 is 0 Å². The van der Waals surface area contributed by atoms with Gasteiger partial charge in [0, 0.05) is 0 Å². The number of barbiturate groups is 1. The minimum atomic E-state index is -0.731. The Morgan fingerprint density at radius 2 is 1.17 bits per heavy atom. The third-order valence-electron chi connectivity index (χ3n) is 5.87. The van der Waals surface area contributed by atoms with Gasteiger partial charge >= 0.3 is 6.03 Å². The Bertz CT molecular complexity index is 1400. The van der Waals surface area contributed by atoms with Crippen LogP contribution >= 0.6 is 0 Å². The number of rotatable bonds is 5. The molecule has 0 atom stereocenters. The zero-order chi connectivity index (χ0) is 25.1. The first-order valence-electron chi connectivity index (χ1n) is 11.4. The molecule has 0 saturated carbocycles. The Kier molecular flexibility index (Phi) is 6.24. The Morgan fingerprint density at radius 3 is 1.69 bits per heavy atom. The highest BCUT2D eigenvalue weighted by Gasteiger charge is 2.43. The molecule has 1 aliphatic rings. The smallest absolute Gasteiger partial charge is 0.268 e. The maximum atomic E-state index is 13.5. The van der Waals surface area contributed by atoms with Crippen molar-refractivity contribution >= 4 is 35.3 Å². The molecule has 0 N–H and O–H groups in total. The van der Waals surface area contributed by atoms with Crippen LogP contribution in [0.1, 0.15) is 16.7 Å². The summed E-state index contributed by atoms with van der Waals surface area (Å²) in [4.78, 5) is 42.2. The summed E-state index contributed by atoms with van der Waals surface area (Å²) in [7, 11) is 0. The minimum absolute atomic E-state index is 0.125. The van der Waals surface area contributed by atoms with E-state index in [-0.39, 0.29) is 11.4 Å². The summed E-state index contributed by atoms with van der Waals surface area (Å²) >= 11 is 0. The minimum Gasteiger partial charge on any atom is -0.268 e. The van der Waals surface area contributed by atoms with Crippen LogP contribution in [0.3, 0.4) is 0 Å². The van der Waals surface area contributed by atoms with Crippen molar-refractivity contribution in [1.82, 2.24) is 0 Å². The van der Waals surface area contributed by atoms with E-state index in [1.807, 2.05) is 18.2 Å². The van der Waals surface area contributed by atoms with E-state index in [0.717, 1.165) is 20.9 Å². The van der Waals surface area contributed by atoms with E-state index in [0.29, 0.717) is 23.4 Å². The summed E-state index contributed by atoms with van der Waals surface area (Å²) in [5.74, 6) is -1.66. The topological polar surface area (TPSA) is 57.7 Å². The molecule has 0 bridgehead atoms. The van der Waals surface area contributed by atoms with E-state index in [1.54, 1.807) is 78.9 Å². The van der Waals surface area contributed by atoms with Gasteiger partial charge in [-0.05, 0) is 65.6 Å². The maximum absolute atomic E-state index is 13.5. The summed E-state index contributed by atoms with van der Waals surface area (Å²) in [6.45, 7) is 0. The lowest BCUT2D eigenvalue weighted by atomic mass is 10.0. The van der Waals surface area contributed by atoms with Gasteiger partial charge in [-0.25, -0.2) is 19.0 Å². The molecule has 6 heteroatoms. The van der Waals surface area contributed by atoms with E-state index < -0.39 is 17.8 Å². The molecule has 0 spiro atoms. The third-order valence-corrected chi connectivity index (χ3v) is 5.87. The molecule has 0 aromatic heterocycles. The van der Waals surface area contributed by atoms with Crippen molar-refractivity contribution in [2.24, 2.45) is 0 Å². The SMILES string of the molecule is O=C1C(=Cc2ccc(Cc3cccc(F)c3)cc2)C(=O)N(c2ccccc2)C(=O)N1c1ccccc1. The number of carbonyl (C=O) groups excluding carboxylic acids is 3. The summed E-state index contributed by atoms with van der Waals surface area (Å²) in [5, 5.41) is 0. The van der Waals surface area contributed by atoms with Crippen LogP contribution in [0.25, 0.3) is 6.08 Å². The van der Waals surface area contributed by atoms with Gasteiger partial charge in [-0.15, -0.1) is 0 Å². The van der Waals surface area contributed by atoms with Crippen LogP contribution in [0.2, 0.25) is 0 Å². The predicted molar refractivity (Wildman–Crippen MR) is 137 cm³/mol. The summed E-state index contributed by atoms with van der Waals surface area (Å²) in [6, 6.07) is 30.0. The van der Waals surface area contributed by atoms with Gasteiger partial charge in [0.15, 0.2) is 0 Å². The van der Waals surface area contributed by atoms with Crippen LogP contribution in [0, 0.1) is 5.82 Å². The standard InChI is InChI=1S/C30H21FN2O3/c31-24-9-7-8-23(19-24)18-21-14-16-22(17-15-21)20-27-28(34)32(25-10-3-1-4-11-25)30(36)33(29(27)35)26-12-5-2-6-13-26/h1-17,19-20H,18H2. The molecule has 36 heavy (non-hydrogen) atoms. The van der Waals surface area contributed by atoms with Crippen molar-refractivity contribution in [3.05, 3.63) is 137 Å². The van der Waals surface area contributed by atoms with E-state index in [2.05, 4.69) is 0 Å². The van der Waals surface area contributed by atoms with Gasteiger partial charge in [-0.3, -0.25) is 9.59 Å². The summed E-state index contributed by atoms with van der Waals surface area (Å²) < 4.78 is 13.5. The van der Waals surface area contributed by atoms with Crippen LogP contribution in [-0.2, 0) is 16.0 Å². The average Bonchev–Trinajstić information content (AvgIpc) is 2.89. The molecule has 0 unspecified atom stereocenters. The molecule has 5 rings (SSSR count). The number of anilines is 2. The van der Waals surface area contributed by atoms with Gasteiger partial charge in [0.1, 0.15) is 11.4 Å². The zero-order valence-electron chi connectivity index (χ0n) is 19.2. The molecule has 4 amide bonds. The molecular weight excluding hydrogens is 455 g/mol. The molecule has 1 aliphatic heterocycles. The van der Waals surface area contributed by atoms with Crippen LogP contribution in [-0.4, -0.2) is 17.8 Å². The fraction of sp³-hybridized carbons (Fsp3) is 0.0333. The first-order chi connectivity index (χ1) is 17.5. The second kappa shape index (κ2) is 9.80. The fourth-order valence-corrected chi connectivity index (χ4v) is 4.12. The van der Waals surface area contributed by atoms with Gasteiger partial charge in [0.25, 0.3) is 11.8 Å². The number of urea groups is 1. The van der Waals surface area contributed by atoms with Crippen LogP contribution in [0.15, 0.2) is 115 Å². The van der Waals surface area contributed by atoms with E-state index in [9.17, 15) is 18.8 Å². The Hall–Kier alpha value is -4.84. The molecule has 4 aromatic rings. The third kappa shape index (κ3) is 4.57. The quantitative estimate of drug-likeness (QED) is 0.262. The highest BCUT2D eigenvalue weighted by Crippen LogP contribution is 2.29. The maximum Gasteiger partial charge on any atom is 0.343 e. The fourth-order valence-electron chi connectivity index (χ4n) is 4.12. The van der Waals surface area contributed by atoms with Crippen molar-refractivity contribution in [3.8, 4) is 0 Å². The Labute approximate surface area is 207 Å². The molecule has 1 heterocycles. The largest absolute Gasteiger partial charge is 0.343 e. The number of carbonyl (C=O) groups is 3. The summed E-state index contributed by atoms with van der Waals surface area (Å²) in [6.07, 6.45) is 2.04. The van der Waals surface area contributed by atoms with E-state index in [4.69, 9.17) is 0 Å². The van der Waals surface area contributed by atoms with Gasteiger partial charge < -0.3 is 0 Å². The first-order valence-corrected chi connectivity index (χ1v) is 11.4. The normalized spacial score (nSPS) is 13.8. The van der Waals surface area contributed by atoms with Gasteiger partial charge in [-0.1, -0.05) is 72.8 Å². The van der Waals surface area contributed by atoms with Crippen molar-refractivity contribution in [1.29, 1.82) is 0 Å². The Morgan fingerprint density at radius 1 is 0.611 bits per heavy atom. The molecular formula is C30H21FN2O3. The van der Waals surface area contributed by atoms with Crippen molar-refractivity contribution in [3.63, 3.8) is 0 Å². The number of hydrogen-bond donors (Lipinski definition) is 0. The number of hydrogen-bond acceptors (Lipinski definition) is 3. The van der Waals surface area contributed by atoms with E-state index in [1.165, 1.54) is 18.2 Å².